The van der Waals surface area contributed by atoms with Crippen LogP contribution >= 0.6 is 0 Å². The molecule has 2 aromatic carbocycles. The minimum absolute atomic E-state index is 0.0342. The smallest absolute Gasteiger partial charge is 0.409 e. The summed E-state index contributed by atoms with van der Waals surface area (Å²) in [6.45, 7) is 1.65. The van der Waals surface area contributed by atoms with Crippen molar-refractivity contribution >= 4 is 23.4 Å². The number of benzene rings is 2. The van der Waals surface area contributed by atoms with E-state index in [9.17, 15) is 14.0 Å². The molecule has 1 unspecified atom stereocenters. The molecule has 4 aliphatic rings. The fourth-order valence-electron chi connectivity index (χ4n) is 5.31. The Labute approximate surface area is 198 Å². The Bertz CT molecular complexity index is 1100. The van der Waals surface area contributed by atoms with Gasteiger partial charge in [0.1, 0.15) is 12.4 Å². The quantitative estimate of drug-likeness (QED) is 0.750. The lowest BCUT2D eigenvalue weighted by Gasteiger charge is -2.26. The summed E-state index contributed by atoms with van der Waals surface area (Å²) in [6.07, 6.45) is 3.18. The van der Waals surface area contributed by atoms with Crippen LogP contribution in [0.4, 0.5) is 14.9 Å². The number of carbonyl (C=O) groups excluding carboxylic acids is 2. The maximum atomic E-state index is 14.6. The van der Waals surface area contributed by atoms with Crippen LogP contribution in [0.5, 0.6) is 0 Å². The van der Waals surface area contributed by atoms with Crippen molar-refractivity contribution in [1.29, 1.82) is 0 Å². The summed E-state index contributed by atoms with van der Waals surface area (Å²) in [5.74, 6) is 0.238. The van der Waals surface area contributed by atoms with Crippen LogP contribution in [-0.2, 0) is 9.53 Å². The van der Waals surface area contributed by atoms with E-state index in [-0.39, 0.29) is 24.8 Å². The number of halogens is 1. The van der Waals surface area contributed by atoms with Crippen molar-refractivity contribution in [1.82, 2.24) is 4.90 Å². The maximum absolute atomic E-state index is 14.6. The maximum Gasteiger partial charge on any atom is 0.409 e. The van der Waals surface area contributed by atoms with Crippen molar-refractivity contribution in [3.05, 3.63) is 65.5 Å². The first kappa shape index (κ1) is 22.5. The van der Waals surface area contributed by atoms with Crippen LogP contribution in [0.2, 0.25) is 0 Å². The van der Waals surface area contributed by atoms with E-state index >= 15 is 0 Å². The molecule has 2 saturated heterocycles. The van der Waals surface area contributed by atoms with Crippen LogP contribution in [0.3, 0.4) is 0 Å². The van der Waals surface area contributed by atoms with Crippen LogP contribution in [0.25, 0.3) is 0 Å². The Morgan fingerprint density at radius 1 is 1.00 bits per heavy atom. The molecular formula is C26H29FN4O3. The van der Waals surface area contributed by atoms with Crippen LogP contribution in [0.15, 0.2) is 53.5 Å². The first-order valence-electron chi connectivity index (χ1n) is 11.9. The molecule has 1 atom stereocenters. The van der Waals surface area contributed by atoms with Gasteiger partial charge in [0.05, 0.1) is 17.9 Å². The summed E-state index contributed by atoms with van der Waals surface area (Å²) in [5, 5.41) is 0. The Morgan fingerprint density at radius 3 is 2.29 bits per heavy atom. The zero-order valence-corrected chi connectivity index (χ0v) is 19.0. The van der Waals surface area contributed by atoms with Crippen LogP contribution < -0.4 is 10.6 Å². The van der Waals surface area contributed by atoms with Gasteiger partial charge in [0.15, 0.2) is 6.17 Å². The molecule has 2 bridgehead atoms. The van der Waals surface area contributed by atoms with Gasteiger partial charge in [-0.25, -0.2) is 9.18 Å². The van der Waals surface area contributed by atoms with Crippen molar-refractivity contribution in [3.8, 4) is 0 Å². The average molecular weight is 465 g/mol. The molecule has 2 amide bonds. The largest absolute Gasteiger partial charge is 0.448 e. The molecule has 8 heteroatoms. The lowest BCUT2D eigenvalue weighted by Crippen LogP contribution is -2.44. The lowest BCUT2D eigenvalue weighted by atomic mass is 9.84. The second-order valence-electron chi connectivity index (χ2n) is 9.32. The number of anilines is 1. The summed E-state index contributed by atoms with van der Waals surface area (Å²) in [7, 11) is 0. The predicted octanol–water partition coefficient (Wildman–Crippen LogP) is 3.55. The molecule has 2 aromatic rings. The molecule has 1 saturated carbocycles. The van der Waals surface area contributed by atoms with Gasteiger partial charge in [-0.05, 0) is 55.7 Å². The van der Waals surface area contributed by atoms with Gasteiger partial charge in [-0.2, -0.15) is 0 Å². The summed E-state index contributed by atoms with van der Waals surface area (Å²) < 4.78 is 20.2. The number of hydrogen-bond donors (Lipinski definition) is 1. The van der Waals surface area contributed by atoms with E-state index in [0.29, 0.717) is 28.8 Å². The van der Waals surface area contributed by atoms with Gasteiger partial charge < -0.3 is 20.3 Å². The van der Waals surface area contributed by atoms with E-state index in [0.717, 1.165) is 13.1 Å². The van der Waals surface area contributed by atoms with Crippen LogP contribution in [0, 0.1) is 17.7 Å². The Hall–Kier alpha value is -3.26. The highest BCUT2D eigenvalue weighted by atomic mass is 19.1. The van der Waals surface area contributed by atoms with E-state index < -0.39 is 17.9 Å². The average Bonchev–Trinajstić information content (AvgIpc) is 3.23. The molecule has 0 radical (unpaired) electrons. The number of aliphatic imine (C=N–C) groups is 1. The molecule has 0 spiro atoms. The van der Waals surface area contributed by atoms with E-state index in [1.807, 2.05) is 11.0 Å². The van der Waals surface area contributed by atoms with Crippen molar-refractivity contribution in [2.24, 2.45) is 22.6 Å². The van der Waals surface area contributed by atoms with Crippen LogP contribution in [0.1, 0.15) is 36.8 Å². The topological polar surface area (TPSA) is 88.2 Å². The molecule has 0 aromatic heterocycles. The van der Waals surface area contributed by atoms with Crippen LogP contribution in [-0.4, -0.2) is 55.0 Å². The summed E-state index contributed by atoms with van der Waals surface area (Å²) in [4.78, 5) is 33.6. The number of carbonyl (C=O) groups is 2. The number of fused-ring (bicyclic) bond motifs is 5. The van der Waals surface area contributed by atoms with E-state index in [1.54, 1.807) is 36.4 Å². The van der Waals surface area contributed by atoms with Crippen molar-refractivity contribution in [2.75, 3.05) is 31.1 Å². The van der Waals surface area contributed by atoms with Gasteiger partial charge in [-0.15, -0.1) is 0 Å². The number of nitrogens with zero attached hydrogens (tertiary/aromatic N) is 3. The number of nitrogens with two attached hydrogens (primary N) is 1. The van der Waals surface area contributed by atoms with Gasteiger partial charge >= 0.3 is 6.09 Å². The second kappa shape index (κ2) is 9.54. The molecule has 3 fully saturated rings. The number of amides is 2. The fourth-order valence-corrected chi connectivity index (χ4v) is 5.31. The SMILES string of the molecule is NC1N=C(c2ccccc2F)c2ccccc2N(CCOC(=O)N2CC3CCC(CC3)C2)C1=O. The first-order valence-corrected chi connectivity index (χ1v) is 11.9. The molecule has 6 rings (SSSR count). The summed E-state index contributed by atoms with van der Waals surface area (Å²) in [6, 6.07) is 13.5. The highest BCUT2D eigenvalue weighted by molar-refractivity contribution is 6.20. The highest BCUT2D eigenvalue weighted by Crippen LogP contribution is 2.34. The first-order chi connectivity index (χ1) is 16.5. The number of para-hydroxylation sites is 1. The second-order valence-corrected chi connectivity index (χ2v) is 9.32. The van der Waals surface area contributed by atoms with Gasteiger partial charge in [0, 0.05) is 24.2 Å². The molecule has 1 aliphatic carbocycles. The molecule has 3 aliphatic heterocycles. The van der Waals surface area contributed by atoms with E-state index in [1.165, 1.54) is 36.6 Å². The fraction of sp³-hybridized carbons (Fsp3) is 0.423. The molecule has 34 heavy (non-hydrogen) atoms. The number of rotatable bonds is 4. The monoisotopic (exact) mass is 464 g/mol. The van der Waals surface area contributed by atoms with Crippen molar-refractivity contribution in [2.45, 2.75) is 31.8 Å². The van der Waals surface area contributed by atoms with Crippen molar-refractivity contribution in [3.63, 3.8) is 0 Å². The van der Waals surface area contributed by atoms with Gasteiger partial charge in [-0.3, -0.25) is 9.79 Å². The van der Waals surface area contributed by atoms with Gasteiger partial charge in [-0.1, -0.05) is 30.3 Å². The molecule has 7 nitrogen and oxygen atoms in total. The van der Waals surface area contributed by atoms with E-state index in [2.05, 4.69) is 4.99 Å². The molecule has 2 N–H and O–H groups in total. The minimum atomic E-state index is -1.20. The molecule has 3 heterocycles. The van der Waals surface area contributed by atoms with E-state index in [4.69, 9.17) is 10.5 Å². The zero-order valence-electron chi connectivity index (χ0n) is 19.0. The minimum Gasteiger partial charge on any atom is -0.448 e. The predicted molar refractivity (Wildman–Crippen MR) is 127 cm³/mol. The van der Waals surface area contributed by atoms with Crippen molar-refractivity contribution < 1.29 is 18.7 Å². The molecule has 178 valence electrons. The summed E-state index contributed by atoms with van der Waals surface area (Å²) in [5.41, 5.74) is 7.88. The highest BCUT2D eigenvalue weighted by Gasteiger charge is 2.33. The Kier molecular flexibility index (Phi) is 6.32. The third kappa shape index (κ3) is 4.42. The standard InChI is InChI=1S/C26H29FN4O3/c27-21-7-3-1-5-19(21)23-20-6-2-4-8-22(20)31(25(32)24(28)29-23)13-14-34-26(33)30-15-17-9-10-18(16-30)12-11-17/h1-8,17-18,24H,9-16,28H2. The normalized spacial score (nSPS) is 24.2. The number of hydrogen-bond acceptors (Lipinski definition) is 5. The van der Waals surface area contributed by atoms with Gasteiger partial charge in [0.25, 0.3) is 5.91 Å². The number of ether oxygens (including phenoxy) is 1. The zero-order chi connectivity index (χ0) is 23.7. The number of benzodiazepines with no additional fused rings is 1. The molecular weight excluding hydrogens is 435 g/mol. The Balaban J connectivity index is 1.33. The Morgan fingerprint density at radius 2 is 1.62 bits per heavy atom. The lowest BCUT2D eigenvalue weighted by molar-refractivity contribution is -0.119. The van der Waals surface area contributed by atoms with Gasteiger partial charge in [0.2, 0.25) is 0 Å². The third-order valence-electron chi connectivity index (χ3n) is 7.09. The third-order valence-corrected chi connectivity index (χ3v) is 7.09. The summed E-state index contributed by atoms with van der Waals surface area (Å²) >= 11 is 0.